The highest BCUT2D eigenvalue weighted by Gasteiger charge is 2.51. The first-order chi connectivity index (χ1) is 9.98. The molecule has 0 spiro atoms. The standard InChI is InChI=1S/C14H18N2O3S2/c1-3-15-11-8-21(17,18)9-12(11)16(14(15)20)10-6-4-5-7-13(10)19-2/h4-7,11-12H,3,8-9H2,1-2H3/t11-,12-/m1/s1. The van der Waals surface area contributed by atoms with Crippen molar-refractivity contribution in [3.63, 3.8) is 0 Å². The number of anilines is 1. The van der Waals surface area contributed by atoms with Crippen LogP contribution >= 0.6 is 12.2 Å². The van der Waals surface area contributed by atoms with E-state index in [4.69, 9.17) is 17.0 Å². The third-order valence-electron chi connectivity index (χ3n) is 4.16. The van der Waals surface area contributed by atoms with E-state index in [1.807, 2.05) is 41.0 Å². The van der Waals surface area contributed by atoms with Gasteiger partial charge in [0.25, 0.3) is 0 Å². The fourth-order valence-electron chi connectivity index (χ4n) is 3.26. The van der Waals surface area contributed by atoms with Crippen LogP contribution in [-0.4, -0.2) is 55.7 Å². The van der Waals surface area contributed by atoms with Gasteiger partial charge in [0.05, 0.1) is 36.4 Å². The lowest BCUT2D eigenvalue weighted by atomic mass is 10.1. The van der Waals surface area contributed by atoms with Gasteiger partial charge >= 0.3 is 0 Å². The molecule has 5 nitrogen and oxygen atoms in total. The first-order valence-electron chi connectivity index (χ1n) is 6.91. The molecule has 0 radical (unpaired) electrons. The normalized spacial score (nSPS) is 27.0. The summed E-state index contributed by atoms with van der Waals surface area (Å²) >= 11 is 5.58. The van der Waals surface area contributed by atoms with Crippen molar-refractivity contribution in [2.24, 2.45) is 0 Å². The zero-order valence-electron chi connectivity index (χ0n) is 12.0. The molecule has 2 fully saturated rings. The summed E-state index contributed by atoms with van der Waals surface area (Å²) in [6.45, 7) is 2.71. The van der Waals surface area contributed by atoms with Crippen LogP contribution < -0.4 is 9.64 Å². The Morgan fingerprint density at radius 3 is 2.62 bits per heavy atom. The van der Waals surface area contributed by atoms with Crippen molar-refractivity contribution in [1.82, 2.24) is 4.90 Å². The first kappa shape index (κ1) is 14.6. The maximum Gasteiger partial charge on any atom is 0.176 e. The van der Waals surface area contributed by atoms with Crippen molar-refractivity contribution < 1.29 is 13.2 Å². The number of methoxy groups -OCH3 is 1. The van der Waals surface area contributed by atoms with Crippen molar-refractivity contribution in [3.05, 3.63) is 24.3 Å². The van der Waals surface area contributed by atoms with E-state index in [1.54, 1.807) is 7.11 Å². The van der Waals surface area contributed by atoms with Gasteiger partial charge in [0.2, 0.25) is 0 Å². The van der Waals surface area contributed by atoms with Crippen LogP contribution in [0, 0.1) is 0 Å². The zero-order valence-corrected chi connectivity index (χ0v) is 13.7. The van der Waals surface area contributed by atoms with Crippen LogP contribution in [0.2, 0.25) is 0 Å². The van der Waals surface area contributed by atoms with E-state index in [1.165, 1.54) is 0 Å². The molecule has 114 valence electrons. The number of ether oxygens (including phenoxy) is 1. The van der Waals surface area contributed by atoms with Crippen LogP contribution in [0.3, 0.4) is 0 Å². The van der Waals surface area contributed by atoms with Gasteiger partial charge in [-0.1, -0.05) is 12.1 Å². The second-order valence-corrected chi connectivity index (χ2v) is 7.84. The highest BCUT2D eigenvalue weighted by molar-refractivity contribution is 7.91. The van der Waals surface area contributed by atoms with Crippen LogP contribution in [0.15, 0.2) is 24.3 Å². The van der Waals surface area contributed by atoms with E-state index in [9.17, 15) is 8.42 Å². The van der Waals surface area contributed by atoms with Crippen LogP contribution in [0.25, 0.3) is 0 Å². The molecule has 1 aromatic rings. The molecule has 2 heterocycles. The van der Waals surface area contributed by atoms with Crippen molar-refractivity contribution in [2.45, 2.75) is 19.0 Å². The van der Waals surface area contributed by atoms with Crippen LogP contribution in [0.4, 0.5) is 5.69 Å². The van der Waals surface area contributed by atoms with E-state index in [-0.39, 0.29) is 23.6 Å². The monoisotopic (exact) mass is 326 g/mol. The maximum atomic E-state index is 12.0. The SMILES string of the molecule is CCN1C(=S)N(c2ccccc2OC)[C@@H]2CS(=O)(=O)C[C@H]21. The molecule has 2 aliphatic rings. The smallest absolute Gasteiger partial charge is 0.176 e. The molecular formula is C14H18N2O3S2. The molecule has 0 aromatic heterocycles. The highest BCUT2D eigenvalue weighted by Crippen LogP contribution is 2.38. The van der Waals surface area contributed by atoms with E-state index >= 15 is 0 Å². The van der Waals surface area contributed by atoms with Crippen molar-refractivity contribution in [3.8, 4) is 5.75 Å². The van der Waals surface area contributed by atoms with Gasteiger partial charge in [0.1, 0.15) is 5.75 Å². The van der Waals surface area contributed by atoms with Gasteiger partial charge < -0.3 is 14.5 Å². The van der Waals surface area contributed by atoms with E-state index in [2.05, 4.69) is 0 Å². The maximum absolute atomic E-state index is 12.0. The van der Waals surface area contributed by atoms with Crippen molar-refractivity contribution in [1.29, 1.82) is 0 Å². The van der Waals surface area contributed by atoms with E-state index < -0.39 is 9.84 Å². The molecule has 0 saturated carbocycles. The quantitative estimate of drug-likeness (QED) is 0.780. The van der Waals surface area contributed by atoms with Crippen LogP contribution in [0.5, 0.6) is 5.75 Å². The fourth-order valence-corrected chi connectivity index (χ4v) is 5.71. The molecule has 0 unspecified atom stereocenters. The number of para-hydroxylation sites is 2. The Bertz CT molecular complexity index is 675. The second kappa shape index (κ2) is 5.14. The van der Waals surface area contributed by atoms with Gasteiger partial charge in [-0.25, -0.2) is 8.42 Å². The number of nitrogens with zero attached hydrogens (tertiary/aromatic N) is 2. The summed E-state index contributed by atoms with van der Waals surface area (Å²) in [4.78, 5) is 3.96. The number of fused-ring (bicyclic) bond motifs is 1. The minimum absolute atomic E-state index is 0.0580. The predicted molar refractivity (Wildman–Crippen MR) is 86.7 cm³/mol. The lowest BCUT2D eigenvalue weighted by molar-refractivity contribution is 0.373. The molecule has 1 aromatic carbocycles. The largest absolute Gasteiger partial charge is 0.495 e. The van der Waals surface area contributed by atoms with Gasteiger partial charge in [-0.05, 0) is 31.3 Å². The molecule has 2 aliphatic heterocycles. The number of thiocarbonyl (C=S) groups is 1. The molecule has 21 heavy (non-hydrogen) atoms. The summed E-state index contributed by atoms with van der Waals surface area (Å²) in [5, 5.41) is 0.687. The molecule has 0 amide bonds. The number of rotatable bonds is 3. The number of benzene rings is 1. The highest BCUT2D eigenvalue weighted by atomic mass is 32.2. The Morgan fingerprint density at radius 2 is 1.95 bits per heavy atom. The van der Waals surface area contributed by atoms with E-state index in [0.717, 1.165) is 5.69 Å². The van der Waals surface area contributed by atoms with Gasteiger partial charge in [-0.3, -0.25) is 0 Å². The molecule has 2 saturated heterocycles. The molecule has 7 heteroatoms. The topological polar surface area (TPSA) is 49.9 Å². The van der Waals surface area contributed by atoms with Crippen LogP contribution in [0.1, 0.15) is 6.92 Å². The summed E-state index contributed by atoms with van der Waals surface area (Å²) in [6, 6.07) is 7.41. The lowest BCUT2D eigenvalue weighted by Crippen LogP contribution is -2.37. The third kappa shape index (κ3) is 2.28. The summed E-state index contributed by atoms with van der Waals surface area (Å²) in [6.07, 6.45) is 0. The molecule has 0 N–H and O–H groups in total. The van der Waals surface area contributed by atoms with Gasteiger partial charge in [-0.15, -0.1) is 0 Å². The number of hydrogen-bond donors (Lipinski definition) is 0. The average molecular weight is 326 g/mol. The molecule has 2 atom stereocenters. The first-order valence-corrected chi connectivity index (χ1v) is 9.14. The predicted octanol–water partition coefficient (Wildman–Crippen LogP) is 1.29. The van der Waals surface area contributed by atoms with Crippen LogP contribution in [-0.2, 0) is 9.84 Å². The summed E-state index contributed by atoms with van der Waals surface area (Å²) in [5.74, 6) is 1.03. The molecule has 3 rings (SSSR count). The van der Waals surface area contributed by atoms with E-state index in [0.29, 0.717) is 17.4 Å². The fraction of sp³-hybridized carbons (Fsp3) is 0.500. The van der Waals surface area contributed by atoms with Crippen molar-refractivity contribution >= 4 is 32.9 Å². The Morgan fingerprint density at radius 1 is 1.29 bits per heavy atom. The number of sulfone groups is 1. The Balaban J connectivity index is 2.07. The average Bonchev–Trinajstić information content (AvgIpc) is 2.87. The van der Waals surface area contributed by atoms with Gasteiger partial charge in [0.15, 0.2) is 14.9 Å². The number of likely N-dealkylation sites (N-methyl/N-ethyl adjacent to an activating group) is 1. The molecule has 0 aliphatic carbocycles. The molecule has 0 bridgehead atoms. The Hall–Kier alpha value is -1.34. The molecular weight excluding hydrogens is 308 g/mol. The Labute approximate surface area is 130 Å². The summed E-state index contributed by atoms with van der Waals surface area (Å²) in [7, 11) is -1.41. The summed E-state index contributed by atoms with van der Waals surface area (Å²) < 4.78 is 29.4. The minimum Gasteiger partial charge on any atom is -0.495 e. The third-order valence-corrected chi connectivity index (χ3v) is 6.29. The lowest BCUT2D eigenvalue weighted by Gasteiger charge is -2.26. The minimum atomic E-state index is -3.02. The van der Waals surface area contributed by atoms with Gasteiger partial charge in [-0.2, -0.15) is 0 Å². The number of hydrogen-bond acceptors (Lipinski definition) is 4. The van der Waals surface area contributed by atoms with Crippen molar-refractivity contribution in [2.75, 3.05) is 30.1 Å². The van der Waals surface area contributed by atoms with Gasteiger partial charge in [0, 0.05) is 6.54 Å². The zero-order chi connectivity index (χ0) is 15.2. The summed E-state index contributed by atoms with van der Waals surface area (Å²) in [5.41, 5.74) is 0.841. The second-order valence-electron chi connectivity index (χ2n) is 5.32. The Kier molecular flexibility index (Phi) is 3.57.